The maximum atomic E-state index is 10.7. The Morgan fingerprint density at radius 3 is 2.93 bits per heavy atom. The van der Waals surface area contributed by atoms with Gasteiger partial charge in [0, 0.05) is 5.02 Å². The summed E-state index contributed by atoms with van der Waals surface area (Å²) in [5, 5.41) is 0.542. The van der Waals surface area contributed by atoms with Gasteiger partial charge in [-0.25, -0.2) is 0 Å². The molecule has 0 saturated carbocycles. The summed E-state index contributed by atoms with van der Waals surface area (Å²) in [7, 11) is 0. The van der Waals surface area contributed by atoms with Gasteiger partial charge in [0.2, 0.25) is 0 Å². The van der Waals surface area contributed by atoms with Gasteiger partial charge in [-0.1, -0.05) is 17.5 Å². The Labute approximate surface area is 87.8 Å². The molecule has 0 bridgehead atoms. The second-order valence-corrected chi connectivity index (χ2v) is 3.16. The molecule has 0 spiro atoms. The monoisotopic (exact) mass is 208 g/mol. The van der Waals surface area contributed by atoms with Crippen LogP contribution < -0.4 is 4.74 Å². The molecule has 2 nitrogen and oxygen atoms in total. The number of aryl methyl sites for hydroxylation is 1. The quantitative estimate of drug-likeness (QED) is 0.564. The zero-order chi connectivity index (χ0) is 10.6. The minimum atomic E-state index is 0.141. The topological polar surface area (TPSA) is 26.3 Å². The lowest BCUT2D eigenvalue weighted by molar-refractivity contribution is 0.112. The zero-order valence-electron chi connectivity index (χ0n) is 7.71. The summed E-state index contributed by atoms with van der Waals surface area (Å²) >= 11 is 5.84. The molecule has 1 aromatic rings. The number of hydrogen-bond acceptors (Lipinski definition) is 2. The molecular weight excluding hydrogens is 200 g/mol. The highest BCUT2D eigenvalue weighted by atomic mass is 35.5. The van der Waals surface area contributed by atoms with Crippen LogP contribution in [0.15, 0.2) is 12.1 Å². The van der Waals surface area contributed by atoms with Crippen molar-refractivity contribution in [2.24, 2.45) is 0 Å². The molecule has 0 aliphatic heterocycles. The molecule has 0 amide bonds. The summed E-state index contributed by atoms with van der Waals surface area (Å²) in [5.41, 5.74) is 1.26. The number of ether oxygens (including phenoxy) is 1. The SMILES string of the molecule is C#CCOc1cc(C)c(Cl)cc1C=O. The van der Waals surface area contributed by atoms with E-state index >= 15 is 0 Å². The molecule has 1 aromatic carbocycles. The van der Waals surface area contributed by atoms with Crippen molar-refractivity contribution in [1.29, 1.82) is 0 Å². The summed E-state index contributed by atoms with van der Waals surface area (Å²) < 4.78 is 5.19. The van der Waals surface area contributed by atoms with Gasteiger partial charge in [0.05, 0.1) is 5.56 Å². The van der Waals surface area contributed by atoms with E-state index in [1.165, 1.54) is 0 Å². The molecule has 0 fully saturated rings. The van der Waals surface area contributed by atoms with Crippen LogP contribution in [0.3, 0.4) is 0 Å². The highest BCUT2D eigenvalue weighted by Crippen LogP contribution is 2.25. The third-order valence-corrected chi connectivity index (χ3v) is 2.14. The summed E-state index contributed by atoms with van der Waals surface area (Å²) in [5.74, 6) is 2.80. The molecular formula is C11H9ClO2. The largest absolute Gasteiger partial charge is 0.480 e. The molecule has 3 heteroatoms. The van der Waals surface area contributed by atoms with Gasteiger partial charge in [0.15, 0.2) is 6.29 Å². The Balaban J connectivity index is 3.08. The Hall–Kier alpha value is -1.46. The van der Waals surface area contributed by atoms with Gasteiger partial charge in [-0.3, -0.25) is 4.79 Å². The standard InChI is InChI=1S/C11H9ClO2/c1-3-4-14-11-5-8(2)10(12)6-9(11)7-13/h1,5-7H,4H2,2H3. The van der Waals surface area contributed by atoms with Crippen LogP contribution in [-0.4, -0.2) is 12.9 Å². The molecule has 0 aliphatic rings. The van der Waals surface area contributed by atoms with E-state index in [1.54, 1.807) is 12.1 Å². The van der Waals surface area contributed by atoms with Gasteiger partial charge in [-0.05, 0) is 24.6 Å². The van der Waals surface area contributed by atoms with Crippen LogP contribution in [0, 0.1) is 19.3 Å². The second kappa shape index (κ2) is 4.69. The van der Waals surface area contributed by atoms with Crippen LogP contribution in [-0.2, 0) is 0 Å². The van der Waals surface area contributed by atoms with Gasteiger partial charge < -0.3 is 4.74 Å². The first-order valence-electron chi connectivity index (χ1n) is 4.00. The average Bonchev–Trinajstić information content (AvgIpc) is 2.19. The van der Waals surface area contributed by atoms with Crippen LogP contribution in [0.25, 0.3) is 0 Å². The van der Waals surface area contributed by atoms with E-state index in [9.17, 15) is 4.79 Å². The maximum absolute atomic E-state index is 10.7. The van der Waals surface area contributed by atoms with Crippen molar-refractivity contribution in [3.63, 3.8) is 0 Å². The number of halogens is 1. The van der Waals surface area contributed by atoms with Crippen molar-refractivity contribution in [1.82, 2.24) is 0 Å². The minimum Gasteiger partial charge on any atom is -0.480 e. The molecule has 0 radical (unpaired) electrons. The number of hydrogen-bond donors (Lipinski definition) is 0. The Bertz CT molecular complexity index is 391. The Morgan fingerprint density at radius 1 is 1.64 bits per heavy atom. The lowest BCUT2D eigenvalue weighted by Crippen LogP contribution is -1.98. The van der Waals surface area contributed by atoms with Gasteiger partial charge in [-0.2, -0.15) is 0 Å². The predicted octanol–water partition coefficient (Wildman–Crippen LogP) is 2.47. The van der Waals surface area contributed by atoms with Gasteiger partial charge in [-0.15, -0.1) is 6.42 Å². The first kappa shape index (κ1) is 10.6. The number of carbonyl (C=O) groups excluding carboxylic acids is 1. The summed E-state index contributed by atoms with van der Waals surface area (Å²) in [6, 6.07) is 3.26. The highest BCUT2D eigenvalue weighted by molar-refractivity contribution is 6.31. The normalized spacial score (nSPS) is 9.21. The number of aldehydes is 1. The van der Waals surface area contributed by atoms with E-state index in [2.05, 4.69) is 5.92 Å². The molecule has 0 aromatic heterocycles. The molecule has 0 N–H and O–H groups in total. The van der Waals surface area contributed by atoms with Gasteiger partial charge >= 0.3 is 0 Å². The Morgan fingerprint density at radius 2 is 2.36 bits per heavy atom. The van der Waals surface area contributed by atoms with Crippen molar-refractivity contribution in [2.75, 3.05) is 6.61 Å². The van der Waals surface area contributed by atoms with Crippen molar-refractivity contribution < 1.29 is 9.53 Å². The molecule has 14 heavy (non-hydrogen) atoms. The molecule has 0 aliphatic carbocycles. The number of benzene rings is 1. The van der Waals surface area contributed by atoms with Crippen molar-refractivity contribution in [3.05, 3.63) is 28.3 Å². The van der Waals surface area contributed by atoms with E-state index < -0.39 is 0 Å². The van der Waals surface area contributed by atoms with Crippen molar-refractivity contribution in [3.8, 4) is 18.1 Å². The van der Waals surface area contributed by atoms with Gasteiger partial charge in [0.25, 0.3) is 0 Å². The number of terminal acetylenes is 1. The lowest BCUT2D eigenvalue weighted by Gasteiger charge is -2.07. The first-order chi connectivity index (χ1) is 6.69. The lowest BCUT2D eigenvalue weighted by atomic mass is 10.1. The summed E-state index contributed by atoms with van der Waals surface area (Å²) in [4.78, 5) is 10.7. The molecule has 1 rings (SSSR count). The number of carbonyl (C=O) groups is 1. The number of rotatable bonds is 3. The fourth-order valence-corrected chi connectivity index (χ4v) is 1.18. The average molecular weight is 209 g/mol. The fourth-order valence-electron chi connectivity index (χ4n) is 1.01. The molecule has 72 valence electrons. The molecule has 0 heterocycles. The summed E-state index contributed by atoms with van der Waals surface area (Å²) in [6.07, 6.45) is 5.74. The van der Waals surface area contributed by atoms with E-state index in [4.69, 9.17) is 22.8 Å². The molecule has 0 saturated heterocycles. The third kappa shape index (κ3) is 2.27. The maximum Gasteiger partial charge on any atom is 0.153 e. The van der Waals surface area contributed by atoms with Crippen molar-refractivity contribution >= 4 is 17.9 Å². The van der Waals surface area contributed by atoms with Crippen LogP contribution in [0.4, 0.5) is 0 Å². The van der Waals surface area contributed by atoms with Crippen molar-refractivity contribution in [2.45, 2.75) is 6.92 Å². The van der Waals surface area contributed by atoms with E-state index in [1.807, 2.05) is 6.92 Å². The predicted molar refractivity (Wildman–Crippen MR) is 55.9 cm³/mol. The first-order valence-corrected chi connectivity index (χ1v) is 4.38. The fraction of sp³-hybridized carbons (Fsp3) is 0.182. The smallest absolute Gasteiger partial charge is 0.153 e. The van der Waals surface area contributed by atoms with Crippen LogP contribution >= 0.6 is 11.6 Å². The zero-order valence-corrected chi connectivity index (χ0v) is 8.47. The molecule has 0 unspecified atom stereocenters. The minimum absolute atomic E-state index is 0.141. The molecule has 0 atom stereocenters. The Kier molecular flexibility index (Phi) is 3.55. The van der Waals surface area contributed by atoms with Gasteiger partial charge in [0.1, 0.15) is 12.4 Å². The van der Waals surface area contributed by atoms with E-state index in [0.717, 1.165) is 5.56 Å². The van der Waals surface area contributed by atoms with E-state index in [-0.39, 0.29) is 6.61 Å². The highest BCUT2D eigenvalue weighted by Gasteiger charge is 2.06. The van der Waals surface area contributed by atoms with Crippen LogP contribution in [0.1, 0.15) is 15.9 Å². The summed E-state index contributed by atoms with van der Waals surface area (Å²) in [6.45, 7) is 1.97. The van der Waals surface area contributed by atoms with E-state index in [0.29, 0.717) is 22.6 Å². The second-order valence-electron chi connectivity index (χ2n) is 2.75. The third-order valence-electron chi connectivity index (χ3n) is 1.73. The van der Waals surface area contributed by atoms with Crippen LogP contribution in [0.5, 0.6) is 5.75 Å². The van der Waals surface area contributed by atoms with Crippen LogP contribution in [0.2, 0.25) is 5.02 Å².